The van der Waals surface area contributed by atoms with Crippen LogP contribution in [0, 0.1) is 0 Å². The summed E-state index contributed by atoms with van der Waals surface area (Å²) in [6, 6.07) is 3.50. The zero-order chi connectivity index (χ0) is 11.7. The van der Waals surface area contributed by atoms with Gasteiger partial charge in [0.15, 0.2) is 0 Å². The van der Waals surface area contributed by atoms with E-state index in [1.54, 1.807) is 24.5 Å². The lowest BCUT2D eigenvalue weighted by atomic mass is 10.4. The van der Waals surface area contributed by atoms with Gasteiger partial charge in [0.2, 0.25) is 0 Å². The smallest absolute Gasteiger partial charge is 0.328 e. The van der Waals surface area contributed by atoms with E-state index in [9.17, 15) is 9.59 Å². The minimum atomic E-state index is -1.26. The van der Waals surface area contributed by atoms with E-state index in [-0.39, 0.29) is 0 Å². The molecule has 1 rings (SSSR count). The Labute approximate surface area is 85.7 Å². The summed E-state index contributed by atoms with van der Waals surface area (Å²) in [6.45, 7) is 0. The Morgan fingerprint density at radius 2 is 1.53 bits per heavy atom. The van der Waals surface area contributed by atoms with Gasteiger partial charge >= 0.3 is 11.9 Å². The molecule has 0 aliphatic rings. The number of pyridine rings is 1. The number of rotatable bonds is 2. The number of anilines is 1. The van der Waals surface area contributed by atoms with Crippen LogP contribution < -0.4 is 5.73 Å². The van der Waals surface area contributed by atoms with Crippen LogP contribution in [-0.4, -0.2) is 27.1 Å². The quantitative estimate of drug-likeness (QED) is 0.608. The van der Waals surface area contributed by atoms with Gasteiger partial charge in [-0.2, -0.15) is 0 Å². The summed E-state index contributed by atoms with van der Waals surface area (Å²) in [5, 5.41) is 15.6. The number of carboxylic acid groups (broad SMARTS) is 2. The Hall–Kier alpha value is -2.37. The van der Waals surface area contributed by atoms with Crippen molar-refractivity contribution in [1.82, 2.24) is 4.98 Å². The highest BCUT2D eigenvalue weighted by atomic mass is 16.4. The number of hydrogen-bond acceptors (Lipinski definition) is 4. The third kappa shape index (κ3) is 9.54. The van der Waals surface area contributed by atoms with E-state index in [4.69, 9.17) is 15.9 Å². The van der Waals surface area contributed by atoms with Crippen LogP contribution >= 0.6 is 0 Å². The summed E-state index contributed by atoms with van der Waals surface area (Å²) in [5.74, 6) is -2.51. The fourth-order valence-corrected chi connectivity index (χ4v) is 0.506. The molecule has 0 aliphatic heterocycles. The van der Waals surface area contributed by atoms with Gasteiger partial charge in [-0.3, -0.25) is 4.98 Å². The molecule has 80 valence electrons. The third-order valence-electron chi connectivity index (χ3n) is 1.07. The van der Waals surface area contributed by atoms with E-state index in [0.717, 1.165) is 5.69 Å². The van der Waals surface area contributed by atoms with Gasteiger partial charge in [0.05, 0.1) is 0 Å². The summed E-state index contributed by atoms with van der Waals surface area (Å²) in [6.07, 6.45) is 4.44. The van der Waals surface area contributed by atoms with E-state index in [2.05, 4.69) is 4.98 Å². The van der Waals surface area contributed by atoms with Crippen molar-refractivity contribution in [2.45, 2.75) is 0 Å². The first-order valence-corrected chi connectivity index (χ1v) is 3.82. The highest BCUT2D eigenvalue weighted by Crippen LogP contribution is 1.92. The van der Waals surface area contributed by atoms with Crippen molar-refractivity contribution in [3.05, 3.63) is 36.7 Å². The van der Waals surface area contributed by atoms with Crippen LogP contribution in [0.1, 0.15) is 0 Å². The summed E-state index contributed by atoms with van der Waals surface area (Å²) in [7, 11) is 0. The van der Waals surface area contributed by atoms with Gasteiger partial charge < -0.3 is 15.9 Å². The number of nitrogen functional groups attached to an aromatic ring is 1. The number of carboxylic acids is 2. The Bertz CT molecular complexity index is 332. The van der Waals surface area contributed by atoms with Gasteiger partial charge in [-0.05, 0) is 12.1 Å². The highest BCUT2D eigenvalue weighted by Gasteiger charge is 1.88. The molecular weight excluding hydrogens is 200 g/mol. The molecule has 0 atom stereocenters. The van der Waals surface area contributed by atoms with E-state index in [0.29, 0.717) is 12.2 Å². The summed E-state index contributed by atoms with van der Waals surface area (Å²) in [5.41, 5.74) is 6.08. The van der Waals surface area contributed by atoms with Crippen LogP contribution in [-0.2, 0) is 9.59 Å². The maximum atomic E-state index is 9.55. The molecule has 6 nitrogen and oxygen atoms in total. The van der Waals surface area contributed by atoms with Crippen LogP contribution in [0.2, 0.25) is 0 Å². The molecular formula is C9H10N2O4. The standard InChI is InChI=1S/C5H6N2.C4H4O4/c6-5-1-3-7-4-2-5;5-3(6)1-2-4(7)8/h1-4H,(H2,6,7);1-2H,(H,5,6)(H,7,8)/b;2-1+. The molecule has 0 saturated heterocycles. The van der Waals surface area contributed by atoms with Crippen molar-refractivity contribution in [2.75, 3.05) is 5.73 Å². The molecule has 1 heterocycles. The number of hydrogen-bond donors (Lipinski definition) is 3. The molecule has 0 fully saturated rings. The van der Waals surface area contributed by atoms with Gasteiger partial charge in [0, 0.05) is 30.2 Å². The van der Waals surface area contributed by atoms with Gasteiger partial charge in [0.1, 0.15) is 0 Å². The van der Waals surface area contributed by atoms with Gasteiger partial charge in [0.25, 0.3) is 0 Å². The number of aromatic nitrogens is 1. The van der Waals surface area contributed by atoms with Gasteiger partial charge in [-0.1, -0.05) is 0 Å². The first kappa shape index (κ1) is 12.6. The highest BCUT2D eigenvalue weighted by molar-refractivity contribution is 5.89. The molecule has 0 amide bonds. The molecule has 0 spiro atoms. The molecule has 15 heavy (non-hydrogen) atoms. The summed E-state index contributed by atoms with van der Waals surface area (Å²) < 4.78 is 0. The van der Waals surface area contributed by atoms with Crippen LogP contribution in [0.25, 0.3) is 0 Å². The number of nitrogens with two attached hydrogens (primary N) is 1. The summed E-state index contributed by atoms with van der Waals surface area (Å²) >= 11 is 0. The minimum absolute atomic E-state index is 0.558. The fourth-order valence-electron chi connectivity index (χ4n) is 0.506. The zero-order valence-corrected chi connectivity index (χ0v) is 7.70. The average molecular weight is 210 g/mol. The fraction of sp³-hybridized carbons (Fsp3) is 0. The second-order valence-corrected chi connectivity index (χ2v) is 2.29. The molecule has 4 N–H and O–H groups in total. The van der Waals surface area contributed by atoms with E-state index in [1.165, 1.54) is 0 Å². The van der Waals surface area contributed by atoms with Gasteiger partial charge in [-0.15, -0.1) is 0 Å². The third-order valence-corrected chi connectivity index (χ3v) is 1.07. The average Bonchev–Trinajstić information content (AvgIpc) is 2.17. The first-order valence-electron chi connectivity index (χ1n) is 3.82. The molecule has 6 heteroatoms. The molecule has 0 radical (unpaired) electrons. The van der Waals surface area contributed by atoms with Crippen molar-refractivity contribution >= 4 is 17.6 Å². The minimum Gasteiger partial charge on any atom is -0.478 e. The van der Waals surface area contributed by atoms with E-state index < -0.39 is 11.9 Å². The van der Waals surface area contributed by atoms with Crippen LogP contribution in [0.5, 0.6) is 0 Å². The van der Waals surface area contributed by atoms with Crippen molar-refractivity contribution < 1.29 is 19.8 Å². The van der Waals surface area contributed by atoms with Crippen LogP contribution in [0.4, 0.5) is 5.69 Å². The molecule has 0 unspecified atom stereocenters. The SMILES string of the molecule is Nc1ccncc1.O=C(O)/C=C/C(=O)O. The maximum Gasteiger partial charge on any atom is 0.328 e. The lowest BCUT2D eigenvalue weighted by molar-refractivity contribution is -0.134. The van der Waals surface area contributed by atoms with Crippen molar-refractivity contribution in [3.8, 4) is 0 Å². The molecule has 0 aromatic carbocycles. The van der Waals surface area contributed by atoms with E-state index >= 15 is 0 Å². The summed E-state index contributed by atoms with van der Waals surface area (Å²) in [4.78, 5) is 22.9. The predicted octanol–water partition coefficient (Wildman–Crippen LogP) is 0.376. The lowest BCUT2D eigenvalue weighted by Crippen LogP contribution is -1.91. The molecule has 0 saturated carbocycles. The van der Waals surface area contributed by atoms with Crippen LogP contribution in [0.15, 0.2) is 36.7 Å². The predicted molar refractivity (Wildman–Crippen MR) is 53.1 cm³/mol. The number of aliphatic carboxylic acids is 2. The van der Waals surface area contributed by atoms with Crippen LogP contribution in [0.3, 0.4) is 0 Å². The molecule has 0 aliphatic carbocycles. The zero-order valence-electron chi connectivity index (χ0n) is 7.70. The second-order valence-electron chi connectivity index (χ2n) is 2.29. The van der Waals surface area contributed by atoms with Crippen molar-refractivity contribution in [1.29, 1.82) is 0 Å². The Balaban J connectivity index is 0.000000262. The van der Waals surface area contributed by atoms with Crippen molar-refractivity contribution in [3.63, 3.8) is 0 Å². The number of carbonyl (C=O) groups is 2. The molecule has 1 aromatic rings. The topological polar surface area (TPSA) is 114 Å². The van der Waals surface area contributed by atoms with Gasteiger partial charge in [-0.25, -0.2) is 9.59 Å². The van der Waals surface area contributed by atoms with E-state index in [1.807, 2.05) is 0 Å². The lowest BCUT2D eigenvalue weighted by Gasteiger charge is -1.83. The Kier molecular flexibility index (Phi) is 5.96. The molecule has 0 bridgehead atoms. The van der Waals surface area contributed by atoms with Crippen molar-refractivity contribution in [2.24, 2.45) is 0 Å². The normalized spacial score (nSPS) is 9.07. The first-order chi connectivity index (χ1) is 7.02. The Morgan fingerprint density at radius 1 is 1.13 bits per heavy atom. The Morgan fingerprint density at radius 3 is 1.73 bits per heavy atom. The second kappa shape index (κ2) is 7.07. The monoisotopic (exact) mass is 210 g/mol. The largest absolute Gasteiger partial charge is 0.478 e. The molecule has 1 aromatic heterocycles. The maximum absolute atomic E-state index is 9.55. The number of nitrogens with zero attached hydrogens (tertiary/aromatic N) is 1.